The topological polar surface area (TPSA) is 0 Å². The summed E-state index contributed by atoms with van der Waals surface area (Å²) in [5, 5.41) is 5.39. The van der Waals surface area contributed by atoms with E-state index in [4.69, 9.17) is 0 Å². The van der Waals surface area contributed by atoms with Crippen molar-refractivity contribution in [1.29, 1.82) is 0 Å². The van der Waals surface area contributed by atoms with Crippen LogP contribution in [-0.2, 0) is 0 Å². The van der Waals surface area contributed by atoms with E-state index >= 15 is 0 Å². The lowest BCUT2D eigenvalue weighted by molar-refractivity contribution is 0.803. The van der Waals surface area contributed by atoms with Gasteiger partial charge in [0.15, 0.2) is 0 Å². The molecule has 0 aromatic heterocycles. The smallest absolute Gasteiger partial charge is 0.0162 e. The van der Waals surface area contributed by atoms with Crippen molar-refractivity contribution in [2.75, 3.05) is 0 Å². The maximum Gasteiger partial charge on any atom is 0.0162 e. The Bertz CT molecular complexity index is 735. The molecular formula is C18H18S. The van der Waals surface area contributed by atoms with Gasteiger partial charge in [-0.15, -0.1) is 11.8 Å². The number of rotatable bonds is 1. The summed E-state index contributed by atoms with van der Waals surface area (Å²) in [4.78, 5) is 1.38. The van der Waals surface area contributed by atoms with E-state index in [9.17, 15) is 0 Å². The zero-order valence-corrected chi connectivity index (χ0v) is 12.4. The van der Waals surface area contributed by atoms with Gasteiger partial charge in [-0.05, 0) is 27.6 Å². The molecule has 0 atom stereocenters. The maximum absolute atomic E-state index is 2.33. The molecule has 0 nitrogen and oxygen atoms in total. The minimum Gasteiger partial charge on any atom is -0.120 e. The predicted molar refractivity (Wildman–Crippen MR) is 87.1 cm³/mol. The lowest BCUT2D eigenvalue weighted by atomic mass is 10.0. The summed E-state index contributed by atoms with van der Waals surface area (Å²) < 4.78 is 0.227. The minimum atomic E-state index is 0.227. The van der Waals surface area contributed by atoms with Crippen molar-refractivity contribution < 1.29 is 0 Å². The van der Waals surface area contributed by atoms with Crippen molar-refractivity contribution in [1.82, 2.24) is 0 Å². The van der Waals surface area contributed by atoms with Crippen LogP contribution in [0.1, 0.15) is 20.8 Å². The normalized spacial score (nSPS) is 12.2. The van der Waals surface area contributed by atoms with Crippen molar-refractivity contribution in [3.63, 3.8) is 0 Å². The summed E-state index contributed by atoms with van der Waals surface area (Å²) in [6.45, 7) is 6.80. The number of hydrogen-bond donors (Lipinski definition) is 0. The van der Waals surface area contributed by atoms with Crippen LogP contribution in [0.15, 0.2) is 59.5 Å². The Hall–Kier alpha value is -1.47. The molecule has 0 heterocycles. The molecule has 3 aromatic rings. The molecule has 3 rings (SSSR count). The summed E-state index contributed by atoms with van der Waals surface area (Å²) in [6.07, 6.45) is 0. The molecule has 0 saturated carbocycles. The first-order valence-corrected chi connectivity index (χ1v) is 7.46. The average Bonchev–Trinajstić information content (AvgIpc) is 2.37. The van der Waals surface area contributed by atoms with Crippen molar-refractivity contribution in [2.24, 2.45) is 0 Å². The Kier molecular flexibility index (Phi) is 3.02. The molecule has 0 N–H and O–H groups in total. The molecule has 0 unspecified atom stereocenters. The van der Waals surface area contributed by atoms with Gasteiger partial charge in [0.25, 0.3) is 0 Å². The summed E-state index contributed by atoms with van der Waals surface area (Å²) >= 11 is 1.95. The van der Waals surface area contributed by atoms with Crippen molar-refractivity contribution >= 4 is 33.3 Å². The van der Waals surface area contributed by atoms with Gasteiger partial charge in [-0.25, -0.2) is 0 Å². The summed E-state index contributed by atoms with van der Waals surface area (Å²) in [5.41, 5.74) is 0. The third-order valence-corrected chi connectivity index (χ3v) is 4.32. The fourth-order valence-corrected chi connectivity index (χ4v) is 3.57. The molecule has 1 heteroatoms. The van der Waals surface area contributed by atoms with E-state index in [1.54, 1.807) is 0 Å². The van der Waals surface area contributed by atoms with Crippen molar-refractivity contribution in [2.45, 2.75) is 30.4 Å². The van der Waals surface area contributed by atoms with Crippen LogP contribution in [0.4, 0.5) is 0 Å². The Labute approximate surface area is 118 Å². The molecule has 0 fully saturated rings. The van der Waals surface area contributed by atoms with E-state index in [0.717, 1.165) is 0 Å². The number of fused-ring (bicyclic) bond motifs is 3. The molecule has 0 bridgehead atoms. The zero-order valence-electron chi connectivity index (χ0n) is 11.6. The molecule has 96 valence electrons. The van der Waals surface area contributed by atoms with Crippen LogP contribution in [0.2, 0.25) is 0 Å². The molecule has 0 aliphatic carbocycles. The molecule has 0 aliphatic rings. The third kappa shape index (κ3) is 2.48. The van der Waals surface area contributed by atoms with E-state index in [2.05, 4.69) is 75.4 Å². The average molecular weight is 266 g/mol. The quantitative estimate of drug-likeness (QED) is 0.391. The largest absolute Gasteiger partial charge is 0.120 e. The van der Waals surface area contributed by atoms with Crippen LogP contribution >= 0.6 is 11.8 Å². The Morgan fingerprint density at radius 3 is 2.00 bits per heavy atom. The highest BCUT2D eigenvalue weighted by atomic mass is 32.2. The molecule has 19 heavy (non-hydrogen) atoms. The van der Waals surface area contributed by atoms with Crippen LogP contribution in [0, 0.1) is 0 Å². The Morgan fingerprint density at radius 1 is 0.737 bits per heavy atom. The SMILES string of the molecule is CC(C)(C)Sc1cc2ccccc2c2ccccc12. The van der Waals surface area contributed by atoms with Gasteiger partial charge in [0, 0.05) is 9.64 Å². The maximum atomic E-state index is 2.33. The van der Waals surface area contributed by atoms with Crippen LogP contribution < -0.4 is 0 Å². The van der Waals surface area contributed by atoms with Crippen LogP contribution in [0.5, 0.6) is 0 Å². The second kappa shape index (κ2) is 4.57. The standard InChI is InChI=1S/C18H18S/c1-18(2,3)19-17-12-13-8-4-5-9-14(13)15-10-6-7-11-16(15)17/h4-12H,1-3H3. The van der Waals surface area contributed by atoms with Gasteiger partial charge in [-0.2, -0.15) is 0 Å². The Morgan fingerprint density at radius 2 is 1.32 bits per heavy atom. The number of thioether (sulfide) groups is 1. The zero-order chi connectivity index (χ0) is 13.5. The van der Waals surface area contributed by atoms with Crippen LogP contribution in [-0.4, -0.2) is 4.75 Å². The van der Waals surface area contributed by atoms with E-state index in [1.165, 1.54) is 26.4 Å². The first-order chi connectivity index (χ1) is 9.04. The van der Waals surface area contributed by atoms with Crippen molar-refractivity contribution in [3.05, 3.63) is 54.6 Å². The fourth-order valence-electron chi connectivity index (χ4n) is 2.43. The monoisotopic (exact) mass is 266 g/mol. The lowest BCUT2D eigenvalue weighted by Crippen LogP contribution is -2.06. The van der Waals surface area contributed by atoms with E-state index in [-0.39, 0.29) is 4.75 Å². The fraction of sp³-hybridized carbons (Fsp3) is 0.222. The van der Waals surface area contributed by atoms with Crippen molar-refractivity contribution in [3.8, 4) is 0 Å². The second-order valence-electron chi connectivity index (χ2n) is 5.86. The van der Waals surface area contributed by atoms with Crippen LogP contribution in [0.25, 0.3) is 21.5 Å². The molecule has 0 radical (unpaired) electrons. The van der Waals surface area contributed by atoms with Crippen LogP contribution in [0.3, 0.4) is 0 Å². The highest BCUT2D eigenvalue weighted by Gasteiger charge is 2.15. The van der Waals surface area contributed by atoms with Gasteiger partial charge in [-0.3, -0.25) is 0 Å². The van der Waals surface area contributed by atoms with Gasteiger partial charge in [0.1, 0.15) is 0 Å². The predicted octanol–water partition coefficient (Wildman–Crippen LogP) is 5.88. The van der Waals surface area contributed by atoms with E-state index in [1.807, 2.05) is 11.8 Å². The number of benzene rings is 3. The molecular weight excluding hydrogens is 248 g/mol. The summed E-state index contributed by atoms with van der Waals surface area (Å²) in [6, 6.07) is 19.7. The lowest BCUT2D eigenvalue weighted by Gasteiger charge is -2.19. The highest BCUT2D eigenvalue weighted by Crippen LogP contribution is 2.39. The molecule has 0 aliphatic heterocycles. The van der Waals surface area contributed by atoms with Gasteiger partial charge in [0.05, 0.1) is 0 Å². The summed E-state index contributed by atoms with van der Waals surface area (Å²) in [5.74, 6) is 0. The van der Waals surface area contributed by atoms with Gasteiger partial charge >= 0.3 is 0 Å². The Balaban J connectivity index is 2.36. The molecule has 0 spiro atoms. The van der Waals surface area contributed by atoms with E-state index in [0.29, 0.717) is 0 Å². The third-order valence-electron chi connectivity index (χ3n) is 3.15. The molecule has 3 aromatic carbocycles. The first-order valence-electron chi connectivity index (χ1n) is 6.64. The molecule has 0 amide bonds. The van der Waals surface area contributed by atoms with Gasteiger partial charge < -0.3 is 0 Å². The second-order valence-corrected chi connectivity index (χ2v) is 7.72. The summed E-state index contributed by atoms with van der Waals surface area (Å²) in [7, 11) is 0. The van der Waals surface area contributed by atoms with Gasteiger partial charge in [-0.1, -0.05) is 69.3 Å². The first kappa shape index (κ1) is 12.6. The number of hydrogen-bond acceptors (Lipinski definition) is 1. The minimum absolute atomic E-state index is 0.227. The van der Waals surface area contributed by atoms with E-state index < -0.39 is 0 Å². The highest BCUT2D eigenvalue weighted by molar-refractivity contribution is 8.00. The molecule has 0 saturated heterocycles. The van der Waals surface area contributed by atoms with Gasteiger partial charge in [0.2, 0.25) is 0 Å².